The number of aryl methyl sites for hydroxylation is 1. The number of hydrogen-bond donors (Lipinski definition) is 1. The number of aromatic amines is 1. The van der Waals surface area contributed by atoms with Crippen LogP contribution in [0.25, 0.3) is 10.9 Å². The van der Waals surface area contributed by atoms with E-state index in [1.807, 2.05) is 24.7 Å². The Kier molecular flexibility index (Phi) is 4.45. The van der Waals surface area contributed by atoms with Crippen molar-refractivity contribution in [3.05, 3.63) is 59.5 Å². The van der Waals surface area contributed by atoms with E-state index in [2.05, 4.69) is 40.0 Å². The highest BCUT2D eigenvalue weighted by Crippen LogP contribution is 2.36. The number of methoxy groups -OCH3 is 1. The van der Waals surface area contributed by atoms with Gasteiger partial charge in [0.2, 0.25) is 0 Å². The van der Waals surface area contributed by atoms with Crippen LogP contribution in [0.4, 0.5) is 0 Å². The van der Waals surface area contributed by atoms with E-state index in [-0.39, 0.29) is 0 Å². The molecule has 1 aliphatic heterocycles. The summed E-state index contributed by atoms with van der Waals surface area (Å²) in [5, 5.41) is 1.27. The number of piperidine rings is 1. The number of H-pyrrole nitrogens is 1. The maximum Gasteiger partial charge on any atom is 0.124 e. The summed E-state index contributed by atoms with van der Waals surface area (Å²) in [7, 11) is 1.77. The molecule has 130 valence electrons. The standard InChI is InChI=1S/C21H25N3O/c1-15-12-20(25-2)18(17-8-10-23-21(15)17)14-24-11-4-3-7-19(24)16-6-5-9-22-13-16/h5-6,8-10,12-13,19,23H,3-4,7,11,14H2,1-2H3/t19-/m0/s1. The zero-order chi connectivity index (χ0) is 17.2. The van der Waals surface area contributed by atoms with Crippen LogP contribution in [0.1, 0.15) is 42.0 Å². The largest absolute Gasteiger partial charge is 0.496 e. The lowest BCUT2D eigenvalue weighted by Gasteiger charge is -2.36. The zero-order valence-corrected chi connectivity index (χ0v) is 15.0. The summed E-state index contributed by atoms with van der Waals surface area (Å²) in [6, 6.07) is 9.00. The van der Waals surface area contributed by atoms with Gasteiger partial charge in [0.05, 0.1) is 7.11 Å². The Hall–Kier alpha value is -2.33. The molecule has 0 saturated carbocycles. The number of ether oxygens (including phenoxy) is 1. The van der Waals surface area contributed by atoms with Crippen molar-refractivity contribution in [3.8, 4) is 5.75 Å². The van der Waals surface area contributed by atoms with Crippen molar-refractivity contribution in [2.24, 2.45) is 0 Å². The molecule has 0 unspecified atom stereocenters. The van der Waals surface area contributed by atoms with Gasteiger partial charge in [0, 0.05) is 47.6 Å². The lowest BCUT2D eigenvalue weighted by atomic mass is 9.95. The molecule has 3 aromatic rings. The number of pyridine rings is 1. The van der Waals surface area contributed by atoms with Gasteiger partial charge in [0.25, 0.3) is 0 Å². The van der Waals surface area contributed by atoms with Crippen molar-refractivity contribution in [1.82, 2.24) is 14.9 Å². The van der Waals surface area contributed by atoms with Gasteiger partial charge in [-0.1, -0.05) is 12.5 Å². The molecular weight excluding hydrogens is 310 g/mol. The Labute approximate surface area is 148 Å². The number of rotatable bonds is 4. The van der Waals surface area contributed by atoms with Crippen LogP contribution in [-0.4, -0.2) is 28.5 Å². The fourth-order valence-corrected chi connectivity index (χ4v) is 4.11. The van der Waals surface area contributed by atoms with Gasteiger partial charge in [0.15, 0.2) is 0 Å². The Morgan fingerprint density at radius 1 is 1.32 bits per heavy atom. The Bertz CT molecular complexity index is 856. The van der Waals surface area contributed by atoms with Crippen molar-refractivity contribution in [2.75, 3.05) is 13.7 Å². The quantitative estimate of drug-likeness (QED) is 0.757. The van der Waals surface area contributed by atoms with Crippen molar-refractivity contribution < 1.29 is 4.74 Å². The topological polar surface area (TPSA) is 41.1 Å². The fourth-order valence-electron chi connectivity index (χ4n) is 4.11. The second kappa shape index (κ2) is 6.89. The van der Waals surface area contributed by atoms with Crippen LogP contribution in [0.2, 0.25) is 0 Å². The third-order valence-electron chi connectivity index (χ3n) is 5.38. The van der Waals surface area contributed by atoms with Gasteiger partial charge in [-0.25, -0.2) is 0 Å². The van der Waals surface area contributed by atoms with Crippen LogP contribution in [0, 0.1) is 6.92 Å². The summed E-state index contributed by atoms with van der Waals surface area (Å²) >= 11 is 0. The molecule has 1 saturated heterocycles. The molecule has 4 rings (SSSR count). The average molecular weight is 335 g/mol. The highest BCUT2D eigenvalue weighted by atomic mass is 16.5. The number of likely N-dealkylation sites (tertiary alicyclic amines) is 1. The summed E-state index contributed by atoms with van der Waals surface area (Å²) < 4.78 is 5.73. The van der Waals surface area contributed by atoms with Crippen LogP contribution in [0.5, 0.6) is 5.75 Å². The maximum atomic E-state index is 5.73. The number of nitrogens with one attached hydrogen (secondary N) is 1. The first-order valence-corrected chi connectivity index (χ1v) is 9.05. The van der Waals surface area contributed by atoms with E-state index < -0.39 is 0 Å². The van der Waals surface area contributed by atoms with Crippen molar-refractivity contribution in [1.29, 1.82) is 0 Å². The summed E-state index contributed by atoms with van der Waals surface area (Å²) in [5.74, 6) is 0.986. The number of hydrogen-bond acceptors (Lipinski definition) is 3. The number of aromatic nitrogens is 2. The lowest BCUT2D eigenvalue weighted by Crippen LogP contribution is -2.33. The molecule has 0 amide bonds. The van der Waals surface area contributed by atoms with Crippen molar-refractivity contribution >= 4 is 10.9 Å². The monoisotopic (exact) mass is 335 g/mol. The van der Waals surface area contributed by atoms with Crippen molar-refractivity contribution in [3.63, 3.8) is 0 Å². The molecular formula is C21H25N3O. The minimum Gasteiger partial charge on any atom is -0.496 e. The van der Waals surface area contributed by atoms with E-state index >= 15 is 0 Å². The van der Waals surface area contributed by atoms with Gasteiger partial charge in [-0.3, -0.25) is 9.88 Å². The molecule has 1 aromatic carbocycles. The summed E-state index contributed by atoms with van der Waals surface area (Å²) in [4.78, 5) is 10.3. The average Bonchev–Trinajstić information content (AvgIpc) is 3.15. The van der Waals surface area contributed by atoms with Crippen LogP contribution in [0.3, 0.4) is 0 Å². The molecule has 0 spiro atoms. The third kappa shape index (κ3) is 3.02. The highest BCUT2D eigenvalue weighted by Gasteiger charge is 2.26. The fraction of sp³-hybridized carbons (Fsp3) is 0.381. The van der Waals surface area contributed by atoms with Gasteiger partial charge in [-0.15, -0.1) is 0 Å². The van der Waals surface area contributed by atoms with Crippen LogP contribution >= 0.6 is 0 Å². The molecule has 3 heterocycles. The van der Waals surface area contributed by atoms with Crippen LogP contribution in [-0.2, 0) is 6.54 Å². The van der Waals surface area contributed by atoms with Gasteiger partial charge in [0.1, 0.15) is 5.75 Å². The number of nitrogens with zero attached hydrogens (tertiary/aromatic N) is 2. The number of fused-ring (bicyclic) bond motifs is 1. The predicted octanol–water partition coefficient (Wildman–Crippen LogP) is 4.61. The van der Waals surface area contributed by atoms with E-state index in [0.717, 1.165) is 18.8 Å². The van der Waals surface area contributed by atoms with Gasteiger partial charge >= 0.3 is 0 Å². The Balaban J connectivity index is 1.72. The molecule has 4 heteroatoms. The van der Waals surface area contributed by atoms with E-state index in [1.54, 1.807) is 7.11 Å². The normalized spacial score (nSPS) is 18.6. The summed E-state index contributed by atoms with van der Waals surface area (Å²) in [6.07, 6.45) is 9.61. The Morgan fingerprint density at radius 3 is 3.04 bits per heavy atom. The van der Waals surface area contributed by atoms with Crippen LogP contribution in [0.15, 0.2) is 42.9 Å². The molecule has 0 radical (unpaired) electrons. The minimum absolute atomic E-state index is 0.433. The molecule has 4 nitrogen and oxygen atoms in total. The number of benzene rings is 1. The molecule has 2 aromatic heterocycles. The highest BCUT2D eigenvalue weighted by molar-refractivity contribution is 5.88. The predicted molar refractivity (Wildman–Crippen MR) is 101 cm³/mol. The summed E-state index contributed by atoms with van der Waals surface area (Å²) in [5.41, 5.74) is 5.03. The van der Waals surface area contributed by atoms with Crippen LogP contribution < -0.4 is 4.74 Å². The van der Waals surface area contributed by atoms with E-state index in [4.69, 9.17) is 4.74 Å². The second-order valence-electron chi connectivity index (χ2n) is 6.91. The molecule has 0 bridgehead atoms. The maximum absolute atomic E-state index is 5.73. The molecule has 1 atom stereocenters. The van der Waals surface area contributed by atoms with Gasteiger partial charge in [-0.2, -0.15) is 0 Å². The first-order chi connectivity index (χ1) is 12.3. The zero-order valence-electron chi connectivity index (χ0n) is 15.0. The van der Waals surface area contributed by atoms with E-state index in [1.165, 1.54) is 46.9 Å². The first-order valence-electron chi connectivity index (χ1n) is 9.05. The van der Waals surface area contributed by atoms with Gasteiger partial charge < -0.3 is 9.72 Å². The van der Waals surface area contributed by atoms with E-state index in [0.29, 0.717) is 6.04 Å². The molecule has 25 heavy (non-hydrogen) atoms. The first kappa shape index (κ1) is 16.2. The summed E-state index contributed by atoms with van der Waals surface area (Å²) in [6.45, 7) is 4.14. The molecule has 1 fully saturated rings. The SMILES string of the molecule is COc1cc(C)c2[nH]ccc2c1CN1CCCC[C@H]1c1cccnc1. The van der Waals surface area contributed by atoms with Gasteiger partial charge in [-0.05, 0) is 55.6 Å². The third-order valence-corrected chi connectivity index (χ3v) is 5.38. The smallest absolute Gasteiger partial charge is 0.124 e. The Morgan fingerprint density at radius 2 is 2.24 bits per heavy atom. The lowest BCUT2D eigenvalue weighted by molar-refractivity contribution is 0.139. The molecule has 1 N–H and O–H groups in total. The van der Waals surface area contributed by atoms with Crippen molar-refractivity contribution in [2.45, 2.75) is 38.8 Å². The minimum atomic E-state index is 0.433. The second-order valence-corrected chi connectivity index (χ2v) is 6.91. The molecule has 0 aliphatic carbocycles. The molecule has 1 aliphatic rings. The van der Waals surface area contributed by atoms with E-state index in [9.17, 15) is 0 Å².